The molecule has 1 aliphatic rings. The van der Waals surface area contributed by atoms with Gasteiger partial charge in [0, 0.05) is 5.57 Å². The monoisotopic (exact) mass is 126 g/mol. The van der Waals surface area contributed by atoms with Crippen LogP contribution in [0, 0.1) is 0 Å². The fourth-order valence-electron chi connectivity index (χ4n) is 0.899. The van der Waals surface area contributed by atoms with Crippen LogP contribution in [0.2, 0.25) is 0 Å². The summed E-state index contributed by atoms with van der Waals surface area (Å²) < 4.78 is 4.53. The normalized spacial score (nSPS) is 17.1. The molecule has 1 rings (SSSR count). The van der Waals surface area contributed by atoms with Crippen molar-refractivity contribution in [3.8, 4) is 0 Å². The van der Waals surface area contributed by atoms with Crippen molar-refractivity contribution in [3.05, 3.63) is 11.1 Å². The summed E-state index contributed by atoms with van der Waals surface area (Å²) in [6, 6.07) is 0. The minimum absolute atomic E-state index is 0.154. The van der Waals surface area contributed by atoms with Gasteiger partial charge < -0.3 is 4.74 Å². The van der Waals surface area contributed by atoms with Crippen molar-refractivity contribution < 1.29 is 9.53 Å². The molecule has 0 atom stereocenters. The second-order valence-electron chi connectivity index (χ2n) is 2.25. The molecule has 0 spiro atoms. The number of carbonyl (C=O) groups is 1. The second kappa shape index (κ2) is 2.21. The summed E-state index contributed by atoms with van der Waals surface area (Å²) in [5.74, 6) is -0.154. The maximum atomic E-state index is 10.7. The van der Waals surface area contributed by atoms with Crippen LogP contribution < -0.4 is 0 Å². The van der Waals surface area contributed by atoms with E-state index in [1.54, 1.807) is 0 Å². The highest BCUT2D eigenvalue weighted by atomic mass is 16.5. The van der Waals surface area contributed by atoms with E-state index in [9.17, 15) is 4.79 Å². The highest BCUT2D eigenvalue weighted by Gasteiger charge is 2.20. The number of carbonyl (C=O) groups excluding carboxylic acids is 1. The van der Waals surface area contributed by atoms with Crippen LogP contribution in [0.5, 0.6) is 0 Å². The van der Waals surface area contributed by atoms with Gasteiger partial charge in [-0.2, -0.15) is 0 Å². The van der Waals surface area contributed by atoms with Gasteiger partial charge in [0.1, 0.15) is 0 Å². The highest BCUT2D eigenvalue weighted by Crippen LogP contribution is 2.27. The number of hydrogen-bond donors (Lipinski definition) is 0. The summed E-state index contributed by atoms with van der Waals surface area (Å²) in [5.41, 5.74) is 2.05. The van der Waals surface area contributed by atoms with Gasteiger partial charge >= 0.3 is 5.97 Å². The molecule has 0 aliphatic heterocycles. The van der Waals surface area contributed by atoms with E-state index < -0.39 is 0 Å². The molecule has 9 heavy (non-hydrogen) atoms. The van der Waals surface area contributed by atoms with E-state index in [-0.39, 0.29) is 5.97 Å². The number of allylic oxidation sites excluding steroid dienone is 1. The molecule has 50 valence electrons. The topological polar surface area (TPSA) is 26.3 Å². The van der Waals surface area contributed by atoms with Gasteiger partial charge in [-0.1, -0.05) is 5.57 Å². The number of rotatable bonds is 1. The third-order valence-corrected chi connectivity index (χ3v) is 1.70. The van der Waals surface area contributed by atoms with Crippen molar-refractivity contribution in [1.29, 1.82) is 0 Å². The first-order valence-corrected chi connectivity index (χ1v) is 3.02. The molecule has 0 amide bonds. The van der Waals surface area contributed by atoms with Crippen LogP contribution >= 0.6 is 0 Å². The molecule has 0 aromatic rings. The standard InChI is InChI=1S/C7H10O2/c1-5-3-4-6(5)7(8)9-2/h3-4H2,1-2H3. The van der Waals surface area contributed by atoms with E-state index >= 15 is 0 Å². The minimum atomic E-state index is -0.154. The number of ether oxygens (including phenoxy) is 1. The summed E-state index contributed by atoms with van der Waals surface area (Å²) in [6.07, 6.45) is 1.96. The summed E-state index contributed by atoms with van der Waals surface area (Å²) in [5, 5.41) is 0. The van der Waals surface area contributed by atoms with Crippen molar-refractivity contribution in [2.24, 2.45) is 0 Å². The second-order valence-corrected chi connectivity index (χ2v) is 2.25. The lowest BCUT2D eigenvalue weighted by molar-refractivity contribution is -0.136. The average molecular weight is 126 g/mol. The van der Waals surface area contributed by atoms with E-state index in [2.05, 4.69) is 4.74 Å². The van der Waals surface area contributed by atoms with Gasteiger partial charge in [0.05, 0.1) is 7.11 Å². The van der Waals surface area contributed by atoms with Crippen LogP contribution in [0.15, 0.2) is 11.1 Å². The SMILES string of the molecule is COC(=O)C1=C(C)CC1. The molecule has 0 unspecified atom stereocenters. The molecule has 0 aromatic heterocycles. The molecule has 0 saturated carbocycles. The predicted molar refractivity (Wildman–Crippen MR) is 33.9 cm³/mol. The van der Waals surface area contributed by atoms with Crippen LogP contribution in [0.3, 0.4) is 0 Å². The molecular weight excluding hydrogens is 116 g/mol. The van der Waals surface area contributed by atoms with Gasteiger partial charge in [0.2, 0.25) is 0 Å². The molecule has 0 bridgehead atoms. The Morgan fingerprint density at radius 3 is 2.33 bits per heavy atom. The zero-order valence-electron chi connectivity index (χ0n) is 5.73. The van der Waals surface area contributed by atoms with E-state index in [0.29, 0.717) is 0 Å². The smallest absolute Gasteiger partial charge is 0.333 e. The molecule has 0 aromatic carbocycles. The molecule has 2 heteroatoms. The van der Waals surface area contributed by atoms with E-state index in [4.69, 9.17) is 0 Å². The Morgan fingerprint density at radius 2 is 2.22 bits per heavy atom. The predicted octanol–water partition coefficient (Wildman–Crippen LogP) is 1.27. The van der Waals surface area contributed by atoms with Crippen LogP contribution in [0.4, 0.5) is 0 Å². The third-order valence-electron chi connectivity index (χ3n) is 1.70. The van der Waals surface area contributed by atoms with Crippen molar-refractivity contribution in [1.82, 2.24) is 0 Å². The first-order chi connectivity index (χ1) is 4.25. The maximum absolute atomic E-state index is 10.7. The molecule has 0 heterocycles. The highest BCUT2D eigenvalue weighted by molar-refractivity contribution is 5.90. The largest absolute Gasteiger partial charge is 0.466 e. The average Bonchev–Trinajstić information content (AvgIpc) is 1.84. The summed E-state index contributed by atoms with van der Waals surface area (Å²) >= 11 is 0. The fraction of sp³-hybridized carbons (Fsp3) is 0.571. The van der Waals surface area contributed by atoms with Crippen molar-refractivity contribution >= 4 is 5.97 Å². The molecule has 0 N–H and O–H groups in total. The lowest BCUT2D eigenvalue weighted by atomic mass is 9.90. The summed E-state index contributed by atoms with van der Waals surface area (Å²) in [6.45, 7) is 1.97. The Labute approximate surface area is 54.5 Å². The van der Waals surface area contributed by atoms with Crippen molar-refractivity contribution in [2.45, 2.75) is 19.8 Å². The Hall–Kier alpha value is -0.790. The molecule has 1 aliphatic carbocycles. The summed E-state index contributed by atoms with van der Waals surface area (Å²) in [7, 11) is 1.42. The minimum Gasteiger partial charge on any atom is -0.466 e. The van der Waals surface area contributed by atoms with Crippen LogP contribution in [-0.2, 0) is 9.53 Å². The van der Waals surface area contributed by atoms with Gasteiger partial charge in [0.15, 0.2) is 0 Å². The van der Waals surface area contributed by atoms with Crippen molar-refractivity contribution in [2.75, 3.05) is 7.11 Å². The first-order valence-electron chi connectivity index (χ1n) is 3.02. The van der Waals surface area contributed by atoms with E-state index in [0.717, 1.165) is 18.4 Å². The lowest BCUT2D eigenvalue weighted by Gasteiger charge is -2.17. The van der Waals surface area contributed by atoms with Crippen molar-refractivity contribution in [3.63, 3.8) is 0 Å². The van der Waals surface area contributed by atoms with E-state index in [1.807, 2.05) is 6.92 Å². The Bertz CT molecular complexity index is 168. The molecular formula is C7H10O2. The maximum Gasteiger partial charge on any atom is 0.333 e. The van der Waals surface area contributed by atoms with Crippen LogP contribution in [-0.4, -0.2) is 13.1 Å². The van der Waals surface area contributed by atoms with E-state index in [1.165, 1.54) is 12.7 Å². The zero-order chi connectivity index (χ0) is 6.85. The molecule has 0 saturated heterocycles. The number of esters is 1. The fourth-order valence-corrected chi connectivity index (χ4v) is 0.899. The number of hydrogen-bond acceptors (Lipinski definition) is 2. The third kappa shape index (κ3) is 0.969. The quantitative estimate of drug-likeness (QED) is 0.494. The zero-order valence-corrected chi connectivity index (χ0v) is 5.73. The Morgan fingerprint density at radius 1 is 1.56 bits per heavy atom. The van der Waals surface area contributed by atoms with Crippen LogP contribution in [0.25, 0.3) is 0 Å². The lowest BCUT2D eigenvalue weighted by Crippen LogP contribution is -2.13. The Kier molecular flexibility index (Phi) is 1.56. The first kappa shape index (κ1) is 6.33. The molecule has 0 fully saturated rings. The molecule has 2 nitrogen and oxygen atoms in total. The van der Waals surface area contributed by atoms with Gasteiger partial charge in [0.25, 0.3) is 0 Å². The van der Waals surface area contributed by atoms with Gasteiger partial charge in [-0.15, -0.1) is 0 Å². The summed E-state index contributed by atoms with van der Waals surface area (Å²) in [4.78, 5) is 10.7. The van der Waals surface area contributed by atoms with Crippen LogP contribution in [0.1, 0.15) is 19.8 Å². The molecule has 0 radical (unpaired) electrons. The van der Waals surface area contributed by atoms with Gasteiger partial charge in [-0.3, -0.25) is 0 Å². The number of methoxy groups -OCH3 is 1. The Balaban J connectivity index is 2.64. The van der Waals surface area contributed by atoms with Gasteiger partial charge in [-0.05, 0) is 19.8 Å². The van der Waals surface area contributed by atoms with Gasteiger partial charge in [-0.25, -0.2) is 4.79 Å².